The van der Waals surface area contributed by atoms with Crippen molar-refractivity contribution in [1.82, 2.24) is 0 Å². The summed E-state index contributed by atoms with van der Waals surface area (Å²) >= 11 is 0. The van der Waals surface area contributed by atoms with Crippen molar-refractivity contribution >= 4 is 5.97 Å². The summed E-state index contributed by atoms with van der Waals surface area (Å²) in [5.74, 6) is -11.9. The van der Waals surface area contributed by atoms with Gasteiger partial charge in [0, 0.05) is 0 Å². The number of carbonyl (C=O) groups excluding carboxylic acids is 1. The van der Waals surface area contributed by atoms with Crippen molar-refractivity contribution in [1.29, 1.82) is 0 Å². The molecule has 0 bridgehead atoms. The summed E-state index contributed by atoms with van der Waals surface area (Å²) < 4.78 is 113. The zero-order valence-corrected chi connectivity index (χ0v) is 9.42. The third-order valence-electron chi connectivity index (χ3n) is 1.91. The standard InChI is InChI=1S/C9H7F9O2/c1-4(7(12,13)2-10)5(19)20-3-8(14,15)6(11)9(16,17)18/h6H,1-3H2. The van der Waals surface area contributed by atoms with Gasteiger partial charge in [-0.1, -0.05) is 6.58 Å². The molecule has 0 saturated heterocycles. The molecule has 0 rings (SSSR count). The Morgan fingerprint density at radius 2 is 1.55 bits per heavy atom. The molecule has 118 valence electrons. The second-order valence-electron chi connectivity index (χ2n) is 3.56. The number of rotatable bonds is 6. The van der Waals surface area contributed by atoms with Crippen molar-refractivity contribution in [3.05, 3.63) is 12.2 Å². The Bertz CT molecular complexity index is 374. The lowest BCUT2D eigenvalue weighted by atomic mass is 10.1. The number of hydrogen-bond donors (Lipinski definition) is 0. The molecule has 0 radical (unpaired) electrons. The highest BCUT2D eigenvalue weighted by Gasteiger charge is 2.57. The summed E-state index contributed by atoms with van der Waals surface area (Å²) in [6.45, 7) is -2.48. The van der Waals surface area contributed by atoms with Gasteiger partial charge in [-0.2, -0.15) is 30.7 Å². The molecule has 0 saturated carbocycles. The van der Waals surface area contributed by atoms with Crippen LogP contribution in [0, 0.1) is 0 Å². The van der Waals surface area contributed by atoms with E-state index in [1.807, 2.05) is 0 Å². The van der Waals surface area contributed by atoms with E-state index in [4.69, 9.17) is 0 Å². The van der Waals surface area contributed by atoms with Crippen molar-refractivity contribution in [3.8, 4) is 0 Å². The second-order valence-corrected chi connectivity index (χ2v) is 3.56. The van der Waals surface area contributed by atoms with Crippen molar-refractivity contribution in [2.24, 2.45) is 0 Å². The van der Waals surface area contributed by atoms with Gasteiger partial charge in [0.1, 0.15) is 5.57 Å². The lowest BCUT2D eigenvalue weighted by Crippen LogP contribution is -2.45. The maximum Gasteiger partial charge on any atom is 0.425 e. The van der Waals surface area contributed by atoms with Crippen LogP contribution in [0.15, 0.2) is 12.2 Å². The molecular weight excluding hydrogens is 311 g/mol. The minimum atomic E-state index is -5.93. The maximum atomic E-state index is 12.7. The van der Waals surface area contributed by atoms with Crippen LogP contribution in [0.5, 0.6) is 0 Å². The number of carbonyl (C=O) groups is 1. The molecule has 0 aromatic rings. The summed E-state index contributed by atoms with van der Waals surface area (Å²) in [5.41, 5.74) is -1.88. The molecule has 0 N–H and O–H groups in total. The highest BCUT2D eigenvalue weighted by Crippen LogP contribution is 2.35. The topological polar surface area (TPSA) is 26.3 Å². The number of alkyl halides is 9. The van der Waals surface area contributed by atoms with E-state index in [2.05, 4.69) is 11.3 Å². The summed E-state index contributed by atoms with van der Waals surface area (Å²) in [4.78, 5) is 10.8. The molecule has 0 spiro atoms. The van der Waals surface area contributed by atoms with Crippen LogP contribution in [0.3, 0.4) is 0 Å². The van der Waals surface area contributed by atoms with E-state index in [1.165, 1.54) is 0 Å². The van der Waals surface area contributed by atoms with E-state index in [1.54, 1.807) is 0 Å². The van der Waals surface area contributed by atoms with Gasteiger partial charge in [-0.25, -0.2) is 13.6 Å². The van der Waals surface area contributed by atoms with Crippen molar-refractivity contribution in [2.45, 2.75) is 24.2 Å². The number of halogens is 9. The Balaban J connectivity index is 4.71. The van der Waals surface area contributed by atoms with E-state index < -0.39 is 49.0 Å². The summed E-state index contributed by atoms with van der Waals surface area (Å²) in [6.07, 6.45) is -10.6. The van der Waals surface area contributed by atoms with Gasteiger partial charge in [0.15, 0.2) is 13.3 Å². The molecule has 0 aromatic heterocycles. The number of hydrogen-bond acceptors (Lipinski definition) is 2. The van der Waals surface area contributed by atoms with Gasteiger partial charge < -0.3 is 4.74 Å². The van der Waals surface area contributed by atoms with Crippen LogP contribution in [0.1, 0.15) is 0 Å². The van der Waals surface area contributed by atoms with Crippen LogP contribution in [-0.4, -0.2) is 43.4 Å². The molecular formula is C9H7F9O2. The zero-order valence-electron chi connectivity index (χ0n) is 9.42. The lowest BCUT2D eigenvalue weighted by Gasteiger charge is -2.23. The average Bonchev–Trinajstić information content (AvgIpc) is 2.32. The van der Waals surface area contributed by atoms with E-state index >= 15 is 0 Å². The average molecular weight is 318 g/mol. The quantitative estimate of drug-likeness (QED) is 0.427. The number of ether oxygens (including phenoxy) is 1. The first-order chi connectivity index (χ1) is 8.75. The Hall–Kier alpha value is -1.42. The monoisotopic (exact) mass is 318 g/mol. The Labute approximate surface area is 106 Å². The minimum absolute atomic E-state index is 1.88. The fraction of sp³-hybridized carbons (Fsp3) is 0.667. The predicted octanol–water partition coefficient (Wildman–Crippen LogP) is 3.23. The Morgan fingerprint density at radius 1 is 1.10 bits per heavy atom. The molecule has 0 fully saturated rings. The SMILES string of the molecule is C=C(C(=O)OCC(F)(F)C(F)C(F)(F)F)C(F)(F)CF. The summed E-state index contributed by atoms with van der Waals surface area (Å²) in [6, 6.07) is 0. The zero-order chi connectivity index (χ0) is 16.4. The molecule has 0 aliphatic heterocycles. The van der Waals surface area contributed by atoms with Gasteiger partial charge in [-0.05, 0) is 0 Å². The predicted molar refractivity (Wildman–Crippen MR) is 46.9 cm³/mol. The van der Waals surface area contributed by atoms with Crippen LogP contribution >= 0.6 is 0 Å². The van der Waals surface area contributed by atoms with Crippen LogP contribution in [-0.2, 0) is 9.53 Å². The third-order valence-corrected chi connectivity index (χ3v) is 1.91. The molecule has 1 atom stereocenters. The Kier molecular flexibility index (Phi) is 5.50. The molecule has 0 aromatic carbocycles. The van der Waals surface area contributed by atoms with Gasteiger partial charge in [0.2, 0.25) is 0 Å². The van der Waals surface area contributed by atoms with Crippen LogP contribution < -0.4 is 0 Å². The lowest BCUT2D eigenvalue weighted by molar-refractivity contribution is -0.254. The van der Waals surface area contributed by atoms with Gasteiger partial charge in [0.05, 0.1) is 0 Å². The molecule has 1 unspecified atom stereocenters. The van der Waals surface area contributed by atoms with Gasteiger partial charge in [-0.3, -0.25) is 0 Å². The maximum absolute atomic E-state index is 12.7. The minimum Gasteiger partial charge on any atom is -0.456 e. The first-order valence-corrected chi connectivity index (χ1v) is 4.64. The normalized spacial score (nSPS) is 14.8. The second kappa shape index (κ2) is 5.92. The van der Waals surface area contributed by atoms with Gasteiger partial charge >= 0.3 is 24.0 Å². The van der Waals surface area contributed by atoms with Crippen molar-refractivity contribution < 1.29 is 49.0 Å². The smallest absolute Gasteiger partial charge is 0.425 e. The summed E-state index contributed by atoms with van der Waals surface area (Å²) in [5, 5.41) is 0. The third kappa shape index (κ3) is 4.60. The first-order valence-electron chi connectivity index (χ1n) is 4.64. The number of esters is 1. The first kappa shape index (κ1) is 18.6. The fourth-order valence-corrected chi connectivity index (χ4v) is 0.791. The molecule has 0 aliphatic rings. The van der Waals surface area contributed by atoms with Crippen molar-refractivity contribution in [3.63, 3.8) is 0 Å². The fourth-order valence-electron chi connectivity index (χ4n) is 0.791. The molecule has 2 nitrogen and oxygen atoms in total. The molecule has 0 heterocycles. The molecule has 20 heavy (non-hydrogen) atoms. The van der Waals surface area contributed by atoms with E-state index in [9.17, 15) is 44.3 Å². The van der Waals surface area contributed by atoms with E-state index in [-0.39, 0.29) is 0 Å². The van der Waals surface area contributed by atoms with Crippen LogP contribution in [0.2, 0.25) is 0 Å². The highest BCUT2D eigenvalue weighted by atomic mass is 19.4. The van der Waals surface area contributed by atoms with E-state index in [0.29, 0.717) is 0 Å². The Morgan fingerprint density at radius 3 is 1.90 bits per heavy atom. The largest absolute Gasteiger partial charge is 0.456 e. The van der Waals surface area contributed by atoms with Crippen LogP contribution in [0.4, 0.5) is 39.5 Å². The summed E-state index contributed by atoms with van der Waals surface area (Å²) in [7, 11) is 0. The molecule has 11 heteroatoms. The molecule has 0 amide bonds. The van der Waals surface area contributed by atoms with Gasteiger partial charge in [-0.15, -0.1) is 0 Å². The molecule has 0 aliphatic carbocycles. The van der Waals surface area contributed by atoms with Crippen molar-refractivity contribution in [2.75, 3.05) is 13.3 Å². The van der Waals surface area contributed by atoms with E-state index in [0.717, 1.165) is 0 Å². The highest BCUT2D eigenvalue weighted by molar-refractivity contribution is 5.89. The van der Waals surface area contributed by atoms with Crippen LogP contribution in [0.25, 0.3) is 0 Å². The van der Waals surface area contributed by atoms with Gasteiger partial charge in [0.25, 0.3) is 6.17 Å².